The van der Waals surface area contributed by atoms with Crippen molar-refractivity contribution in [1.29, 1.82) is 0 Å². The van der Waals surface area contributed by atoms with E-state index in [2.05, 4.69) is 24.0 Å². The molecule has 4 nitrogen and oxygen atoms in total. The van der Waals surface area contributed by atoms with E-state index >= 15 is 0 Å². The fraction of sp³-hybridized carbons (Fsp3) is 0.160. The van der Waals surface area contributed by atoms with Gasteiger partial charge in [0.15, 0.2) is 0 Å². The summed E-state index contributed by atoms with van der Waals surface area (Å²) in [6.07, 6.45) is 1.92. The van der Waals surface area contributed by atoms with Crippen LogP contribution >= 0.6 is 0 Å². The molecule has 3 rings (SSSR count). The minimum absolute atomic E-state index is 0.254. The van der Waals surface area contributed by atoms with Gasteiger partial charge in [0, 0.05) is 6.54 Å². The lowest BCUT2D eigenvalue weighted by atomic mass is 9.98. The number of aliphatic hydroxyl groups is 1. The maximum Gasteiger partial charge on any atom is 0.336 e. The molecular weight excluding hydrogens is 362 g/mol. The van der Waals surface area contributed by atoms with E-state index in [1.807, 2.05) is 54.6 Å². The molecular formula is C25H25NO3. The Morgan fingerprint density at radius 3 is 2.34 bits per heavy atom. The van der Waals surface area contributed by atoms with E-state index in [1.165, 1.54) is 5.56 Å². The highest BCUT2D eigenvalue weighted by Gasteiger charge is 2.09. The summed E-state index contributed by atoms with van der Waals surface area (Å²) in [5.41, 5.74) is 4.96. The number of benzene rings is 3. The summed E-state index contributed by atoms with van der Waals surface area (Å²) in [5, 5.41) is 22.7. The zero-order valence-electron chi connectivity index (χ0n) is 16.2. The molecule has 0 heterocycles. The lowest BCUT2D eigenvalue weighted by molar-refractivity contribution is 0.0696. The molecule has 0 aliphatic heterocycles. The molecule has 4 heteroatoms. The molecule has 0 saturated heterocycles. The normalized spacial score (nSPS) is 11.8. The molecule has 0 radical (unpaired) electrons. The van der Waals surface area contributed by atoms with Gasteiger partial charge in [-0.1, -0.05) is 73.3 Å². The monoisotopic (exact) mass is 387 g/mol. The summed E-state index contributed by atoms with van der Waals surface area (Å²) in [7, 11) is 0. The van der Waals surface area contributed by atoms with Crippen molar-refractivity contribution in [3.8, 4) is 11.1 Å². The van der Waals surface area contributed by atoms with E-state index in [1.54, 1.807) is 12.1 Å². The third-order valence-electron chi connectivity index (χ3n) is 4.90. The Morgan fingerprint density at radius 1 is 1.00 bits per heavy atom. The molecule has 0 fully saturated rings. The van der Waals surface area contributed by atoms with Crippen LogP contribution in [0.2, 0.25) is 0 Å². The molecule has 0 aliphatic carbocycles. The zero-order valence-corrected chi connectivity index (χ0v) is 16.2. The topological polar surface area (TPSA) is 69.6 Å². The van der Waals surface area contributed by atoms with Gasteiger partial charge in [-0.3, -0.25) is 0 Å². The third-order valence-corrected chi connectivity index (χ3v) is 4.90. The van der Waals surface area contributed by atoms with Crippen LogP contribution in [0.25, 0.3) is 17.2 Å². The van der Waals surface area contributed by atoms with Gasteiger partial charge in [-0.15, -0.1) is 0 Å². The average molecular weight is 387 g/mol. The van der Waals surface area contributed by atoms with Gasteiger partial charge in [-0.05, 0) is 52.9 Å². The Morgan fingerprint density at radius 2 is 1.69 bits per heavy atom. The number of carbonyl (C=O) groups is 1. The van der Waals surface area contributed by atoms with E-state index < -0.39 is 12.1 Å². The Kier molecular flexibility index (Phi) is 6.95. The van der Waals surface area contributed by atoms with Crippen molar-refractivity contribution < 1.29 is 15.0 Å². The van der Waals surface area contributed by atoms with Crippen LogP contribution in [0.3, 0.4) is 0 Å². The van der Waals surface area contributed by atoms with Gasteiger partial charge in [0.2, 0.25) is 0 Å². The molecule has 0 spiro atoms. The van der Waals surface area contributed by atoms with E-state index in [0.717, 1.165) is 29.7 Å². The fourth-order valence-electron chi connectivity index (χ4n) is 3.23. The number of hydrogen-bond donors (Lipinski definition) is 3. The Labute approximate surface area is 171 Å². The van der Waals surface area contributed by atoms with Crippen molar-refractivity contribution in [2.24, 2.45) is 0 Å². The van der Waals surface area contributed by atoms with E-state index in [0.29, 0.717) is 12.1 Å². The van der Waals surface area contributed by atoms with Crippen molar-refractivity contribution in [3.63, 3.8) is 0 Å². The SMILES string of the molecule is C=Cc1cc(-c2ccc(CCNC[C@H](O)c3ccccc3)cc2)ccc1C(=O)O. The minimum atomic E-state index is -0.952. The number of carboxylic acid groups (broad SMARTS) is 1. The molecule has 29 heavy (non-hydrogen) atoms. The maximum absolute atomic E-state index is 11.3. The predicted octanol–water partition coefficient (Wildman–Crippen LogP) is 4.56. The molecule has 3 N–H and O–H groups in total. The first-order valence-electron chi connectivity index (χ1n) is 9.61. The lowest BCUT2D eigenvalue weighted by Gasteiger charge is -2.12. The Bertz CT molecular complexity index is 965. The Balaban J connectivity index is 1.55. The average Bonchev–Trinajstić information content (AvgIpc) is 2.77. The molecule has 0 aliphatic rings. The molecule has 0 aromatic heterocycles. The molecule has 0 amide bonds. The summed E-state index contributed by atoms with van der Waals surface area (Å²) in [6, 6.07) is 23.1. The highest BCUT2D eigenvalue weighted by Crippen LogP contribution is 2.24. The number of carboxylic acids is 1. The molecule has 3 aromatic rings. The van der Waals surface area contributed by atoms with Crippen LogP contribution in [0.1, 0.15) is 33.2 Å². The van der Waals surface area contributed by atoms with Crippen molar-refractivity contribution in [2.75, 3.05) is 13.1 Å². The standard InChI is InChI=1S/C25H25NO3/c1-2-19-16-22(12-13-23(19)25(28)29)20-10-8-18(9-11-20)14-15-26-17-24(27)21-6-4-3-5-7-21/h2-13,16,24,26-27H,1,14-15,17H2,(H,28,29)/t24-/m0/s1. The summed E-state index contributed by atoms with van der Waals surface area (Å²) in [4.78, 5) is 11.3. The second-order valence-electron chi connectivity index (χ2n) is 6.89. The van der Waals surface area contributed by atoms with Crippen molar-refractivity contribution in [3.05, 3.63) is 102 Å². The highest BCUT2D eigenvalue weighted by atomic mass is 16.4. The number of aliphatic hydroxyl groups excluding tert-OH is 1. The van der Waals surface area contributed by atoms with Crippen molar-refractivity contribution in [2.45, 2.75) is 12.5 Å². The predicted molar refractivity (Wildman–Crippen MR) is 117 cm³/mol. The van der Waals surface area contributed by atoms with Crippen LogP contribution in [-0.4, -0.2) is 29.3 Å². The molecule has 0 bridgehead atoms. The van der Waals surface area contributed by atoms with Gasteiger partial charge in [0.1, 0.15) is 0 Å². The second-order valence-corrected chi connectivity index (χ2v) is 6.89. The Hall–Kier alpha value is -3.21. The summed E-state index contributed by atoms with van der Waals surface area (Å²) < 4.78 is 0. The molecule has 3 aromatic carbocycles. The first kappa shape index (κ1) is 20.5. The van der Waals surface area contributed by atoms with Crippen LogP contribution in [0.5, 0.6) is 0 Å². The van der Waals surface area contributed by atoms with Gasteiger partial charge in [-0.25, -0.2) is 4.79 Å². The molecule has 1 atom stereocenters. The number of aromatic carboxylic acids is 1. The van der Waals surface area contributed by atoms with Crippen LogP contribution in [-0.2, 0) is 6.42 Å². The smallest absolute Gasteiger partial charge is 0.336 e. The van der Waals surface area contributed by atoms with Crippen LogP contribution in [0, 0.1) is 0 Å². The minimum Gasteiger partial charge on any atom is -0.478 e. The van der Waals surface area contributed by atoms with Gasteiger partial charge >= 0.3 is 5.97 Å². The van der Waals surface area contributed by atoms with Crippen LogP contribution < -0.4 is 5.32 Å². The summed E-state index contributed by atoms with van der Waals surface area (Å²) in [6.45, 7) is 5.00. The zero-order chi connectivity index (χ0) is 20.6. The van der Waals surface area contributed by atoms with Gasteiger partial charge < -0.3 is 15.5 Å². The first-order valence-corrected chi connectivity index (χ1v) is 9.61. The third kappa shape index (κ3) is 5.41. The highest BCUT2D eigenvalue weighted by molar-refractivity contribution is 5.93. The second kappa shape index (κ2) is 9.82. The summed E-state index contributed by atoms with van der Waals surface area (Å²) >= 11 is 0. The van der Waals surface area contributed by atoms with Gasteiger partial charge in [-0.2, -0.15) is 0 Å². The first-order chi connectivity index (χ1) is 14.1. The van der Waals surface area contributed by atoms with E-state index in [9.17, 15) is 15.0 Å². The van der Waals surface area contributed by atoms with Crippen molar-refractivity contribution in [1.82, 2.24) is 5.32 Å². The molecule has 0 saturated carbocycles. The quantitative estimate of drug-likeness (QED) is 0.471. The molecule has 0 unspecified atom stereocenters. The maximum atomic E-state index is 11.3. The van der Waals surface area contributed by atoms with Gasteiger partial charge in [0.25, 0.3) is 0 Å². The lowest BCUT2D eigenvalue weighted by Crippen LogP contribution is -2.23. The number of rotatable bonds is 9. The van der Waals surface area contributed by atoms with E-state index in [4.69, 9.17) is 0 Å². The van der Waals surface area contributed by atoms with Crippen molar-refractivity contribution >= 4 is 12.0 Å². The number of nitrogens with one attached hydrogen (secondary N) is 1. The largest absolute Gasteiger partial charge is 0.478 e. The fourth-order valence-corrected chi connectivity index (χ4v) is 3.23. The number of hydrogen-bond acceptors (Lipinski definition) is 3. The van der Waals surface area contributed by atoms with Crippen LogP contribution in [0.4, 0.5) is 0 Å². The summed E-state index contributed by atoms with van der Waals surface area (Å²) in [5.74, 6) is -0.952. The molecule has 148 valence electrons. The van der Waals surface area contributed by atoms with Gasteiger partial charge in [0.05, 0.1) is 11.7 Å². The van der Waals surface area contributed by atoms with Crippen LogP contribution in [0.15, 0.2) is 79.4 Å². The van der Waals surface area contributed by atoms with E-state index in [-0.39, 0.29) is 5.56 Å².